The summed E-state index contributed by atoms with van der Waals surface area (Å²) in [5.74, 6) is 0.416. The summed E-state index contributed by atoms with van der Waals surface area (Å²) < 4.78 is 7.50. The molecule has 0 aliphatic rings. The Morgan fingerprint density at radius 3 is 2.50 bits per heavy atom. The SMILES string of the molecule is CCc1c(-c2ccc(OC)cc2)c(C(N)=O)c(C)n1CCc1cccs1. The first-order valence-electron chi connectivity index (χ1n) is 8.75. The van der Waals surface area contributed by atoms with Crippen LogP contribution in [0.4, 0.5) is 0 Å². The quantitative estimate of drug-likeness (QED) is 0.670. The number of aromatic nitrogens is 1. The molecule has 5 heteroatoms. The standard InChI is InChI=1S/C21H24N2O2S/c1-4-18-20(15-7-9-16(25-3)10-8-15)19(21(22)24)14(2)23(18)12-11-17-6-5-13-26-17/h5-10,13H,4,11-12H2,1-3H3,(H2,22,24). The number of hydrogen-bond acceptors (Lipinski definition) is 3. The number of nitrogens with two attached hydrogens (primary N) is 1. The van der Waals surface area contributed by atoms with Crippen molar-refractivity contribution in [3.8, 4) is 16.9 Å². The molecule has 0 unspecified atom stereocenters. The Morgan fingerprint density at radius 2 is 1.96 bits per heavy atom. The molecule has 0 aliphatic carbocycles. The van der Waals surface area contributed by atoms with Gasteiger partial charge >= 0.3 is 0 Å². The lowest BCUT2D eigenvalue weighted by molar-refractivity contribution is 0.1000. The molecule has 136 valence electrons. The first kappa shape index (κ1) is 18.3. The minimum Gasteiger partial charge on any atom is -0.497 e. The molecule has 2 heterocycles. The normalized spacial score (nSPS) is 10.9. The average molecular weight is 369 g/mol. The third-order valence-corrected chi connectivity index (χ3v) is 5.69. The molecule has 2 aromatic heterocycles. The number of benzene rings is 1. The van der Waals surface area contributed by atoms with Crippen LogP contribution in [-0.4, -0.2) is 17.6 Å². The van der Waals surface area contributed by atoms with Gasteiger partial charge in [-0.1, -0.05) is 25.1 Å². The van der Waals surface area contributed by atoms with E-state index in [1.165, 1.54) is 4.88 Å². The third-order valence-electron chi connectivity index (χ3n) is 4.75. The number of aryl methyl sites for hydroxylation is 1. The predicted octanol–water partition coefficient (Wildman–Crippen LogP) is 4.44. The summed E-state index contributed by atoms with van der Waals surface area (Å²) in [5.41, 5.74) is 10.4. The number of primary amides is 1. The number of rotatable bonds is 7. The summed E-state index contributed by atoms with van der Waals surface area (Å²) in [7, 11) is 1.65. The van der Waals surface area contributed by atoms with Crippen LogP contribution in [0.2, 0.25) is 0 Å². The fraction of sp³-hybridized carbons (Fsp3) is 0.286. The van der Waals surface area contributed by atoms with Crippen LogP contribution >= 0.6 is 11.3 Å². The molecular formula is C21H24N2O2S. The lowest BCUT2D eigenvalue weighted by Gasteiger charge is -2.11. The summed E-state index contributed by atoms with van der Waals surface area (Å²) in [5, 5.41) is 2.09. The number of carbonyl (C=O) groups excluding carboxylic acids is 1. The highest BCUT2D eigenvalue weighted by Gasteiger charge is 2.23. The average Bonchev–Trinajstić information content (AvgIpc) is 3.25. The van der Waals surface area contributed by atoms with Crippen LogP contribution in [0.1, 0.15) is 33.5 Å². The van der Waals surface area contributed by atoms with E-state index in [9.17, 15) is 4.79 Å². The van der Waals surface area contributed by atoms with E-state index >= 15 is 0 Å². The molecule has 1 amide bonds. The monoisotopic (exact) mass is 368 g/mol. The second kappa shape index (κ2) is 7.79. The summed E-state index contributed by atoms with van der Waals surface area (Å²) in [6.07, 6.45) is 1.78. The second-order valence-electron chi connectivity index (χ2n) is 6.21. The fourth-order valence-electron chi connectivity index (χ4n) is 3.51. The number of methoxy groups -OCH3 is 1. The van der Waals surface area contributed by atoms with Gasteiger partial charge in [-0.3, -0.25) is 4.79 Å². The molecule has 3 aromatic rings. The number of carbonyl (C=O) groups is 1. The van der Waals surface area contributed by atoms with Crippen LogP contribution in [0.25, 0.3) is 11.1 Å². The van der Waals surface area contributed by atoms with Crippen LogP contribution in [0.15, 0.2) is 41.8 Å². The molecule has 0 saturated heterocycles. The zero-order valence-corrected chi connectivity index (χ0v) is 16.2. The van der Waals surface area contributed by atoms with Gasteiger partial charge in [-0.05, 0) is 48.9 Å². The van der Waals surface area contributed by atoms with Gasteiger partial charge in [0.05, 0.1) is 12.7 Å². The maximum absolute atomic E-state index is 12.2. The van der Waals surface area contributed by atoms with Gasteiger partial charge in [-0.25, -0.2) is 0 Å². The summed E-state index contributed by atoms with van der Waals surface area (Å²) in [4.78, 5) is 13.6. The third kappa shape index (κ3) is 3.40. The van der Waals surface area contributed by atoms with Gasteiger partial charge in [0.2, 0.25) is 0 Å². The lowest BCUT2D eigenvalue weighted by Crippen LogP contribution is -2.13. The molecule has 0 aliphatic heterocycles. The van der Waals surface area contributed by atoms with Gasteiger partial charge in [0, 0.05) is 28.4 Å². The van der Waals surface area contributed by atoms with E-state index < -0.39 is 0 Å². The van der Waals surface area contributed by atoms with Crippen molar-refractivity contribution in [1.82, 2.24) is 4.57 Å². The van der Waals surface area contributed by atoms with Crippen LogP contribution < -0.4 is 10.5 Å². The minimum absolute atomic E-state index is 0.377. The van der Waals surface area contributed by atoms with Crippen molar-refractivity contribution in [1.29, 1.82) is 0 Å². The van der Waals surface area contributed by atoms with E-state index in [0.717, 1.165) is 47.7 Å². The molecule has 3 rings (SSSR count). The molecule has 0 saturated carbocycles. The molecule has 0 bridgehead atoms. The van der Waals surface area contributed by atoms with Crippen molar-refractivity contribution >= 4 is 17.2 Å². The predicted molar refractivity (Wildman–Crippen MR) is 107 cm³/mol. The first-order valence-corrected chi connectivity index (χ1v) is 9.63. The number of amides is 1. The number of hydrogen-bond donors (Lipinski definition) is 1. The van der Waals surface area contributed by atoms with Crippen molar-refractivity contribution in [2.45, 2.75) is 33.2 Å². The fourth-order valence-corrected chi connectivity index (χ4v) is 4.21. The summed E-state index contributed by atoms with van der Waals surface area (Å²) in [6.45, 7) is 4.95. The Bertz CT molecular complexity index is 893. The van der Waals surface area contributed by atoms with Gasteiger partial charge < -0.3 is 15.0 Å². The Labute approximate surface area is 158 Å². The van der Waals surface area contributed by atoms with Gasteiger partial charge in [-0.15, -0.1) is 11.3 Å². The van der Waals surface area contributed by atoms with Crippen molar-refractivity contribution < 1.29 is 9.53 Å². The van der Waals surface area contributed by atoms with Crippen LogP contribution in [0, 0.1) is 6.92 Å². The lowest BCUT2D eigenvalue weighted by atomic mass is 9.98. The van der Waals surface area contributed by atoms with Crippen molar-refractivity contribution in [3.05, 3.63) is 63.6 Å². The Balaban J connectivity index is 2.09. The van der Waals surface area contributed by atoms with Crippen LogP contribution in [0.5, 0.6) is 5.75 Å². The smallest absolute Gasteiger partial charge is 0.251 e. The van der Waals surface area contributed by atoms with Gasteiger partial charge in [0.1, 0.15) is 5.75 Å². The van der Waals surface area contributed by atoms with E-state index in [1.54, 1.807) is 18.4 Å². The number of nitrogens with zero attached hydrogens (tertiary/aromatic N) is 1. The molecule has 0 fully saturated rings. The maximum atomic E-state index is 12.2. The zero-order chi connectivity index (χ0) is 18.7. The van der Waals surface area contributed by atoms with Crippen molar-refractivity contribution in [2.75, 3.05) is 7.11 Å². The molecule has 2 N–H and O–H groups in total. The van der Waals surface area contributed by atoms with E-state index in [0.29, 0.717) is 5.56 Å². The highest BCUT2D eigenvalue weighted by Crippen LogP contribution is 2.34. The van der Waals surface area contributed by atoms with Crippen LogP contribution in [0.3, 0.4) is 0 Å². The number of ether oxygens (including phenoxy) is 1. The Kier molecular flexibility index (Phi) is 5.47. The topological polar surface area (TPSA) is 57.2 Å². The van der Waals surface area contributed by atoms with E-state index in [2.05, 4.69) is 29.0 Å². The molecule has 0 spiro atoms. The molecule has 0 atom stereocenters. The van der Waals surface area contributed by atoms with Crippen molar-refractivity contribution in [3.63, 3.8) is 0 Å². The second-order valence-corrected chi connectivity index (χ2v) is 7.24. The first-order chi connectivity index (χ1) is 12.6. The van der Waals surface area contributed by atoms with Gasteiger partial charge in [0.25, 0.3) is 5.91 Å². The molecule has 1 aromatic carbocycles. The molecule has 4 nitrogen and oxygen atoms in total. The number of thiophene rings is 1. The van der Waals surface area contributed by atoms with E-state index in [4.69, 9.17) is 10.5 Å². The zero-order valence-electron chi connectivity index (χ0n) is 15.4. The Hall–Kier alpha value is -2.53. The summed E-state index contributed by atoms with van der Waals surface area (Å²) in [6, 6.07) is 12.0. The highest BCUT2D eigenvalue weighted by atomic mass is 32.1. The van der Waals surface area contributed by atoms with Crippen LogP contribution in [-0.2, 0) is 19.4 Å². The molecular weight excluding hydrogens is 344 g/mol. The minimum atomic E-state index is -0.377. The maximum Gasteiger partial charge on any atom is 0.251 e. The molecule has 0 radical (unpaired) electrons. The highest BCUT2D eigenvalue weighted by molar-refractivity contribution is 7.09. The van der Waals surface area contributed by atoms with Gasteiger partial charge in [0.15, 0.2) is 0 Å². The van der Waals surface area contributed by atoms with E-state index in [-0.39, 0.29) is 5.91 Å². The Morgan fingerprint density at radius 1 is 1.23 bits per heavy atom. The van der Waals surface area contributed by atoms with Crippen molar-refractivity contribution in [2.24, 2.45) is 5.73 Å². The largest absolute Gasteiger partial charge is 0.497 e. The van der Waals surface area contributed by atoms with Gasteiger partial charge in [-0.2, -0.15) is 0 Å². The summed E-state index contributed by atoms with van der Waals surface area (Å²) >= 11 is 1.76. The molecule has 26 heavy (non-hydrogen) atoms. The van der Waals surface area contributed by atoms with E-state index in [1.807, 2.05) is 31.2 Å².